The molecular formula is C39H39IN2O4S. The van der Waals surface area contributed by atoms with Gasteiger partial charge in [0.1, 0.15) is 18.4 Å². The minimum Gasteiger partial charge on any atom is -0.489 e. The van der Waals surface area contributed by atoms with Crippen molar-refractivity contribution in [2.45, 2.75) is 58.2 Å². The van der Waals surface area contributed by atoms with Crippen LogP contribution in [-0.2, 0) is 27.8 Å². The third-order valence-electron chi connectivity index (χ3n) is 11.0. The molecule has 1 amide bonds. The Hall–Kier alpha value is -3.50. The van der Waals surface area contributed by atoms with Crippen molar-refractivity contribution >= 4 is 44.2 Å². The number of benzene rings is 4. The highest BCUT2D eigenvalue weighted by Crippen LogP contribution is 2.70. The summed E-state index contributed by atoms with van der Waals surface area (Å²) < 4.78 is 36.8. The van der Waals surface area contributed by atoms with Crippen LogP contribution in [0.5, 0.6) is 5.75 Å². The lowest BCUT2D eigenvalue weighted by molar-refractivity contribution is -0.130. The van der Waals surface area contributed by atoms with E-state index >= 15 is 0 Å². The zero-order valence-corrected chi connectivity index (χ0v) is 29.7. The molecule has 47 heavy (non-hydrogen) atoms. The first kappa shape index (κ1) is 32.1. The van der Waals surface area contributed by atoms with E-state index in [9.17, 15) is 13.2 Å². The number of carbonyl (C=O) groups excluding carboxylic acids is 1. The van der Waals surface area contributed by atoms with Gasteiger partial charge in [-0.3, -0.25) is 9.79 Å². The van der Waals surface area contributed by atoms with Gasteiger partial charge in [-0.15, -0.1) is 0 Å². The Balaban J connectivity index is 1.33. The molecule has 1 heterocycles. The minimum absolute atomic E-state index is 0.0231. The fraction of sp³-hybridized carbons (Fsp3) is 0.333. The number of fused-ring (bicyclic) bond motifs is 1. The van der Waals surface area contributed by atoms with E-state index in [-0.39, 0.29) is 23.6 Å². The van der Waals surface area contributed by atoms with E-state index < -0.39 is 27.4 Å². The second-order valence-corrected chi connectivity index (χ2v) is 16.8. The zero-order valence-electron chi connectivity index (χ0n) is 26.7. The first-order valence-corrected chi connectivity index (χ1v) is 19.0. The number of rotatable bonds is 9. The predicted octanol–water partition coefficient (Wildman–Crippen LogP) is 7.69. The Labute approximate surface area is 291 Å². The fourth-order valence-corrected chi connectivity index (χ4v) is 11.5. The Kier molecular flexibility index (Phi) is 8.53. The maximum Gasteiger partial charge on any atom is 0.261 e. The molecule has 4 aromatic rings. The van der Waals surface area contributed by atoms with E-state index in [1.165, 1.54) is 4.31 Å². The molecular weight excluding hydrogens is 719 g/mol. The first-order valence-electron chi connectivity index (χ1n) is 16.3. The molecule has 1 aliphatic heterocycles. The van der Waals surface area contributed by atoms with Gasteiger partial charge in [0.25, 0.3) is 5.91 Å². The van der Waals surface area contributed by atoms with Crippen molar-refractivity contribution in [3.8, 4) is 5.75 Å². The molecule has 3 fully saturated rings. The van der Waals surface area contributed by atoms with Gasteiger partial charge in [-0.05, 0) is 82.5 Å². The van der Waals surface area contributed by atoms with Gasteiger partial charge in [0.05, 0.1) is 17.5 Å². The monoisotopic (exact) mass is 758 g/mol. The molecule has 2 saturated carbocycles. The van der Waals surface area contributed by atoms with Gasteiger partial charge in [-0.2, -0.15) is 0 Å². The Bertz CT molecular complexity index is 1870. The van der Waals surface area contributed by atoms with Crippen LogP contribution in [0.1, 0.15) is 55.4 Å². The van der Waals surface area contributed by atoms with Crippen LogP contribution >= 0.6 is 22.6 Å². The number of hydrogen-bond acceptors (Lipinski definition) is 5. The van der Waals surface area contributed by atoms with Crippen LogP contribution in [0.2, 0.25) is 0 Å². The molecule has 2 bridgehead atoms. The number of sulfonamides is 1. The molecule has 0 aromatic heterocycles. The summed E-state index contributed by atoms with van der Waals surface area (Å²) in [5.74, 6) is 0.630. The highest BCUT2D eigenvalue weighted by molar-refractivity contribution is 14.1. The van der Waals surface area contributed by atoms with Crippen LogP contribution in [0.3, 0.4) is 0 Å². The summed E-state index contributed by atoms with van der Waals surface area (Å²) in [4.78, 5) is 20.2. The van der Waals surface area contributed by atoms with Crippen molar-refractivity contribution in [1.29, 1.82) is 0 Å². The molecule has 2 aliphatic carbocycles. The molecule has 4 atom stereocenters. The van der Waals surface area contributed by atoms with E-state index in [4.69, 9.17) is 9.73 Å². The van der Waals surface area contributed by atoms with Gasteiger partial charge in [0, 0.05) is 26.5 Å². The number of carbonyl (C=O) groups is 1. The standard InChI is InChI=1S/C39H39IN2O4S/c1-38(2)31-20-21-39(38)26-47(44,45)42(35(39)24-31)37(43)33(41-36(28-14-8-4-9-15-28)29-16-10-5-11-17-29)23-30-22-32(40)18-19-34(30)46-25-27-12-6-3-7-13-27/h3-19,22,31,33,35H,20-21,23-26H2,1-2H3/t31-,33+,35-,39-/m1/s1. The Morgan fingerprint density at radius 1 is 0.936 bits per heavy atom. The predicted molar refractivity (Wildman–Crippen MR) is 194 cm³/mol. The van der Waals surface area contributed by atoms with E-state index in [0.29, 0.717) is 30.4 Å². The van der Waals surface area contributed by atoms with Crippen LogP contribution < -0.4 is 4.74 Å². The van der Waals surface area contributed by atoms with E-state index in [2.05, 4.69) is 36.4 Å². The third kappa shape index (κ3) is 5.81. The summed E-state index contributed by atoms with van der Waals surface area (Å²) in [5.41, 5.74) is 3.66. The molecule has 0 unspecified atom stereocenters. The number of hydrogen-bond donors (Lipinski definition) is 0. The second-order valence-electron chi connectivity index (χ2n) is 13.7. The summed E-state index contributed by atoms with van der Waals surface area (Å²) >= 11 is 2.27. The molecule has 1 spiro atoms. The quantitative estimate of drug-likeness (QED) is 0.130. The maximum atomic E-state index is 15.0. The van der Waals surface area contributed by atoms with Gasteiger partial charge in [0.2, 0.25) is 10.0 Å². The largest absolute Gasteiger partial charge is 0.489 e. The minimum atomic E-state index is -3.85. The van der Waals surface area contributed by atoms with Crippen LogP contribution in [-0.4, -0.2) is 42.2 Å². The third-order valence-corrected chi connectivity index (χ3v) is 13.6. The number of halogens is 1. The van der Waals surface area contributed by atoms with Crippen LogP contribution in [0, 0.1) is 20.3 Å². The molecule has 1 saturated heterocycles. The lowest BCUT2D eigenvalue weighted by Gasteiger charge is -2.37. The molecule has 242 valence electrons. The van der Waals surface area contributed by atoms with Gasteiger partial charge < -0.3 is 4.74 Å². The Morgan fingerprint density at radius 3 is 2.17 bits per heavy atom. The topological polar surface area (TPSA) is 76.0 Å². The highest BCUT2D eigenvalue weighted by atomic mass is 127. The van der Waals surface area contributed by atoms with Gasteiger partial charge in [-0.1, -0.05) is 105 Å². The van der Waals surface area contributed by atoms with E-state index in [1.807, 2.05) is 109 Å². The Morgan fingerprint density at radius 2 is 1.55 bits per heavy atom. The summed E-state index contributed by atoms with van der Waals surface area (Å²) in [5, 5.41) is 0. The smallest absolute Gasteiger partial charge is 0.261 e. The van der Waals surface area contributed by atoms with Crippen molar-refractivity contribution in [3.05, 3.63) is 135 Å². The van der Waals surface area contributed by atoms with E-state index in [0.717, 1.165) is 38.7 Å². The van der Waals surface area contributed by atoms with Crippen molar-refractivity contribution in [2.75, 3.05) is 5.75 Å². The fourth-order valence-electron chi connectivity index (χ4n) is 8.37. The number of aliphatic imine (C=N–C) groups is 1. The lowest BCUT2D eigenvalue weighted by Crippen LogP contribution is -2.48. The highest BCUT2D eigenvalue weighted by Gasteiger charge is 2.72. The normalized spacial score (nSPS) is 24.0. The van der Waals surface area contributed by atoms with Crippen molar-refractivity contribution in [2.24, 2.45) is 21.7 Å². The van der Waals surface area contributed by atoms with Crippen LogP contribution in [0.4, 0.5) is 0 Å². The summed E-state index contributed by atoms with van der Waals surface area (Å²) in [6.07, 6.45) is 2.76. The zero-order chi connectivity index (χ0) is 32.8. The van der Waals surface area contributed by atoms with Gasteiger partial charge in [-0.25, -0.2) is 12.7 Å². The lowest BCUT2D eigenvalue weighted by atomic mass is 9.69. The number of ether oxygens (including phenoxy) is 1. The molecule has 0 N–H and O–H groups in total. The SMILES string of the molecule is CC1(C)[C@@H]2CC[C@]13CS(=O)(=O)N(C(=O)[C@H](Cc1cc(I)ccc1OCc1ccccc1)N=C(c1ccccc1)c1ccccc1)[C@@H]3C2. The molecule has 4 aromatic carbocycles. The molecule has 7 rings (SSSR count). The van der Waals surface area contributed by atoms with Crippen molar-refractivity contribution in [1.82, 2.24) is 4.31 Å². The average molecular weight is 759 g/mol. The molecule has 3 aliphatic rings. The van der Waals surface area contributed by atoms with E-state index in [1.54, 1.807) is 0 Å². The van der Waals surface area contributed by atoms with Gasteiger partial charge >= 0.3 is 0 Å². The summed E-state index contributed by atoms with van der Waals surface area (Å²) in [6.45, 7) is 4.78. The average Bonchev–Trinajstić information content (AvgIpc) is 3.55. The number of nitrogens with zero attached hydrogens (tertiary/aromatic N) is 2. The molecule has 8 heteroatoms. The molecule has 6 nitrogen and oxygen atoms in total. The molecule has 0 radical (unpaired) electrons. The second kappa shape index (κ2) is 12.5. The summed E-state index contributed by atoms with van der Waals surface area (Å²) in [6, 6.07) is 34.2. The summed E-state index contributed by atoms with van der Waals surface area (Å²) in [7, 11) is -3.85. The maximum absolute atomic E-state index is 15.0. The van der Waals surface area contributed by atoms with Crippen LogP contribution in [0.25, 0.3) is 0 Å². The first-order chi connectivity index (χ1) is 22.6. The van der Waals surface area contributed by atoms with Crippen molar-refractivity contribution in [3.63, 3.8) is 0 Å². The van der Waals surface area contributed by atoms with Crippen molar-refractivity contribution < 1.29 is 17.9 Å². The number of amides is 1. The van der Waals surface area contributed by atoms with Gasteiger partial charge in [0.15, 0.2) is 0 Å². The van der Waals surface area contributed by atoms with Crippen LogP contribution in [0.15, 0.2) is 114 Å².